The van der Waals surface area contributed by atoms with Gasteiger partial charge in [-0.1, -0.05) is 30.3 Å². The Kier molecular flexibility index (Phi) is 8.44. The highest BCUT2D eigenvalue weighted by atomic mass is 16.6. The Morgan fingerprint density at radius 3 is 2.33 bits per heavy atom. The molecule has 0 aliphatic carbocycles. The van der Waals surface area contributed by atoms with E-state index in [-0.39, 0.29) is 6.54 Å². The summed E-state index contributed by atoms with van der Waals surface area (Å²) in [6, 6.07) is 16.6. The average Bonchev–Trinajstić information content (AvgIpc) is 3.44. The monoisotopic (exact) mass is 584 g/mol. The first kappa shape index (κ1) is 30.1. The minimum absolute atomic E-state index is 0.190. The van der Waals surface area contributed by atoms with Crippen LogP contribution in [0.25, 0.3) is 22.4 Å². The van der Waals surface area contributed by atoms with Crippen LogP contribution >= 0.6 is 0 Å². The number of aromatic nitrogens is 2. The van der Waals surface area contributed by atoms with Crippen LogP contribution in [0.5, 0.6) is 0 Å². The molecule has 2 aromatic heterocycles. The zero-order valence-corrected chi connectivity index (χ0v) is 25.7. The average molecular weight is 585 g/mol. The van der Waals surface area contributed by atoms with E-state index in [1.807, 2.05) is 90.1 Å². The molecule has 0 radical (unpaired) electrons. The summed E-state index contributed by atoms with van der Waals surface area (Å²) in [6.07, 6.45) is 5.52. The van der Waals surface area contributed by atoms with Crippen molar-refractivity contribution in [3.8, 4) is 11.4 Å². The number of amides is 2. The Hall–Kier alpha value is -4.40. The lowest BCUT2D eigenvalue weighted by Gasteiger charge is -2.46. The van der Waals surface area contributed by atoms with Gasteiger partial charge in [0.15, 0.2) is 5.82 Å². The predicted molar refractivity (Wildman–Crippen MR) is 164 cm³/mol. The maximum absolute atomic E-state index is 14.1. The Morgan fingerprint density at radius 2 is 1.65 bits per heavy atom. The molecule has 0 saturated carbocycles. The third-order valence-electron chi connectivity index (χ3n) is 7.19. The molecule has 0 bridgehead atoms. The Bertz CT molecular complexity index is 1560. The van der Waals surface area contributed by atoms with Gasteiger partial charge in [-0.25, -0.2) is 19.6 Å². The Morgan fingerprint density at radius 1 is 0.953 bits per heavy atom. The number of piperidine rings is 1. The van der Waals surface area contributed by atoms with Gasteiger partial charge in [0, 0.05) is 35.5 Å². The summed E-state index contributed by atoms with van der Waals surface area (Å²) < 4.78 is 17.8. The third-order valence-corrected chi connectivity index (χ3v) is 7.19. The van der Waals surface area contributed by atoms with E-state index < -0.39 is 35.5 Å². The number of benzene rings is 2. The number of likely N-dealkylation sites (tertiary alicyclic amines) is 1. The van der Waals surface area contributed by atoms with Crippen molar-refractivity contribution >= 4 is 23.2 Å². The minimum atomic E-state index is -0.725. The van der Waals surface area contributed by atoms with E-state index in [2.05, 4.69) is 9.97 Å². The molecule has 9 nitrogen and oxygen atoms in total. The van der Waals surface area contributed by atoms with E-state index in [0.29, 0.717) is 30.8 Å². The molecule has 43 heavy (non-hydrogen) atoms. The van der Waals surface area contributed by atoms with Crippen molar-refractivity contribution in [3.05, 3.63) is 84.4 Å². The molecule has 226 valence electrons. The number of hydrogen-bond donors (Lipinski definition) is 0. The van der Waals surface area contributed by atoms with Gasteiger partial charge in [0.1, 0.15) is 16.8 Å². The number of fused-ring (bicyclic) bond motifs is 1. The first-order valence-corrected chi connectivity index (χ1v) is 14.7. The van der Waals surface area contributed by atoms with Gasteiger partial charge < -0.3 is 13.9 Å². The van der Waals surface area contributed by atoms with E-state index >= 15 is 0 Å². The lowest BCUT2D eigenvalue weighted by molar-refractivity contribution is -0.0262. The fourth-order valence-corrected chi connectivity index (χ4v) is 5.55. The molecule has 2 atom stereocenters. The van der Waals surface area contributed by atoms with Crippen molar-refractivity contribution in [2.75, 3.05) is 6.54 Å². The zero-order chi connectivity index (χ0) is 30.8. The Labute approximate surface area is 252 Å². The Balaban J connectivity index is 1.61. The zero-order valence-electron chi connectivity index (χ0n) is 25.7. The molecule has 3 heterocycles. The smallest absolute Gasteiger partial charge is 0.410 e. The molecular weight excluding hydrogens is 544 g/mol. The summed E-state index contributed by atoms with van der Waals surface area (Å²) in [6.45, 7) is 11.8. The fraction of sp³-hybridized carbons (Fsp3) is 0.412. The van der Waals surface area contributed by atoms with Crippen LogP contribution in [-0.2, 0) is 16.0 Å². The summed E-state index contributed by atoms with van der Waals surface area (Å²) in [5.41, 5.74) is 1.80. The van der Waals surface area contributed by atoms with Crippen LogP contribution in [-0.4, -0.2) is 55.7 Å². The molecular formula is C34H40N4O5. The highest BCUT2D eigenvalue weighted by Gasteiger charge is 2.43. The number of rotatable bonds is 5. The second-order valence-corrected chi connectivity index (χ2v) is 12.9. The standard InChI is InChI=1S/C34H40N4O5/c1-33(2,3)42-31(39)37-18-10-14-27(28(37)23-12-8-7-9-13-23)38(32(40)43-34(4,5)6)22-26-21-25(30-35-16-11-17-36-30)20-24-15-19-41-29(24)26/h7-9,11-13,15-17,19-21,27-28H,10,14,18,22H2,1-6H3/t27-,28-/m0/s1. The summed E-state index contributed by atoms with van der Waals surface area (Å²) in [5, 5.41) is 0.878. The van der Waals surface area contributed by atoms with Crippen molar-refractivity contribution in [3.63, 3.8) is 0 Å². The number of nitrogens with zero attached hydrogens (tertiary/aromatic N) is 4. The maximum Gasteiger partial charge on any atom is 0.410 e. The van der Waals surface area contributed by atoms with Crippen LogP contribution in [0.4, 0.5) is 9.59 Å². The SMILES string of the molecule is CC(C)(C)OC(=O)N(Cc1cc(-c2ncccn2)cc2ccoc12)[C@H]1CCCN(C(=O)OC(C)(C)C)[C@H]1c1ccccc1. The first-order valence-electron chi connectivity index (χ1n) is 14.7. The topological polar surface area (TPSA) is 98.0 Å². The molecule has 1 saturated heterocycles. The van der Waals surface area contributed by atoms with Crippen LogP contribution in [0.1, 0.15) is 71.6 Å². The first-order chi connectivity index (χ1) is 20.4. The third kappa shape index (κ3) is 7.16. The van der Waals surface area contributed by atoms with Crippen molar-refractivity contribution in [1.82, 2.24) is 19.8 Å². The molecule has 1 aliphatic rings. The molecule has 0 unspecified atom stereocenters. The van der Waals surface area contributed by atoms with Gasteiger partial charge in [0.2, 0.25) is 0 Å². The second kappa shape index (κ2) is 12.1. The fourth-order valence-electron chi connectivity index (χ4n) is 5.55. The predicted octanol–water partition coefficient (Wildman–Crippen LogP) is 7.77. The number of carbonyl (C=O) groups is 2. The number of furan rings is 1. The molecule has 2 aromatic carbocycles. The van der Waals surface area contributed by atoms with Crippen LogP contribution in [0.2, 0.25) is 0 Å². The van der Waals surface area contributed by atoms with E-state index in [1.165, 1.54) is 0 Å². The maximum atomic E-state index is 14.1. The molecule has 0 N–H and O–H groups in total. The molecule has 0 spiro atoms. The lowest BCUT2D eigenvalue weighted by atomic mass is 9.89. The number of carbonyl (C=O) groups excluding carboxylic acids is 2. The van der Waals surface area contributed by atoms with Crippen molar-refractivity contribution < 1.29 is 23.5 Å². The van der Waals surface area contributed by atoms with Gasteiger partial charge in [-0.3, -0.25) is 9.80 Å². The number of ether oxygens (including phenoxy) is 2. The van der Waals surface area contributed by atoms with E-state index in [0.717, 1.165) is 22.1 Å². The summed E-state index contributed by atoms with van der Waals surface area (Å²) in [5.74, 6) is 0.576. The second-order valence-electron chi connectivity index (χ2n) is 12.9. The molecule has 1 aliphatic heterocycles. The number of hydrogen-bond acceptors (Lipinski definition) is 7. The van der Waals surface area contributed by atoms with Crippen LogP contribution in [0.15, 0.2) is 77.7 Å². The minimum Gasteiger partial charge on any atom is -0.464 e. The summed E-state index contributed by atoms with van der Waals surface area (Å²) in [4.78, 5) is 40.1. The van der Waals surface area contributed by atoms with Gasteiger partial charge in [-0.15, -0.1) is 0 Å². The van der Waals surface area contributed by atoms with Crippen molar-refractivity contribution in [1.29, 1.82) is 0 Å². The van der Waals surface area contributed by atoms with Gasteiger partial charge in [-0.05, 0) is 84.2 Å². The highest BCUT2D eigenvalue weighted by molar-refractivity contribution is 5.85. The normalized spacial score (nSPS) is 17.5. The molecule has 5 rings (SSSR count). The van der Waals surface area contributed by atoms with Crippen LogP contribution in [0.3, 0.4) is 0 Å². The van der Waals surface area contributed by atoms with Gasteiger partial charge in [-0.2, -0.15) is 0 Å². The molecule has 2 amide bonds. The van der Waals surface area contributed by atoms with E-state index in [4.69, 9.17) is 13.9 Å². The van der Waals surface area contributed by atoms with E-state index in [1.54, 1.807) is 34.5 Å². The van der Waals surface area contributed by atoms with Gasteiger partial charge >= 0.3 is 12.2 Å². The summed E-state index contributed by atoms with van der Waals surface area (Å²) in [7, 11) is 0. The largest absolute Gasteiger partial charge is 0.464 e. The molecule has 1 fully saturated rings. The highest BCUT2D eigenvalue weighted by Crippen LogP contribution is 2.38. The quantitative estimate of drug-likeness (QED) is 0.236. The molecule has 9 heteroatoms. The molecule has 4 aromatic rings. The van der Waals surface area contributed by atoms with Crippen LogP contribution < -0.4 is 0 Å². The lowest BCUT2D eigenvalue weighted by Crippen LogP contribution is -2.54. The van der Waals surface area contributed by atoms with E-state index in [9.17, 15) is 9.59 Å². The summed E-state index contributed by atoms with van der Waals surface area (Å²) >= 11 is 0. The van der Waals surface area contributed by atoms with Crippen molar-refractivity contribution in [2.45, 2.75) is 84.2 Å². The van der Waals surface area contributed by atoms with Gasteiger partial charge in [0.05, 0.1) is 24.9 Å². The van der Waals surface area contributed by atoms with Gasteiger partial charge in [0.25, 0.3) is 0 Å². The van der Waals surface area contributed by atoms with Crippen molar-refractivity contribution in [2.24, 2.45) is 0 Å². The van der Waals surface area contributed by atoms with Crippen LogP contribution in [0, 0.1) is 0 Å².